The first-order chi connectivity index (χ1) is 13.9. The molecule has 0 N–H and O–H groups in total. The monoisotopic (exact) mass is 471 g/mol. The van der Waals surface area contributed by atoms with E-state index in [4.69, 9.17) is 4.74 Å². The zero-order valence-electron chi connectivity index (χ0n) is 16.2. The summed E-state index contributed by atoms with van der Waals surface area (Å²) in [5, 5.41) is 0. The third-order valence-electron chi connectivity index (χ3n) is 5.19. The van der Waals surface area contributed by atoms with Crippen molar-refractivity contribution in [2.75, 3.05) is 0 Å². The summed E-state index contributed by atoms with van der Waals surface area (Å²) in [6.45, 7) is 4.20. The summed E-state index contributed by atoms with van der Waals surface area (Å²) < 4.78 is 35.9. The first-order valence-corrected chi connectivity index (χ1v) is 11.7. The lowest BCUT2D eigenvalue weighted by Crippen LogP contribution is -2.41. The van der Waals surface area contributed by atoms with Crippen molar-refractivity contribution in [1.82, 2.24) is 4.31 Å². The lowest BCUT2D eigenvalue weighted by Gasteiger charge is -2.31. The van der Waals surface area contributed by atoms with Crippen LogP contribution in [0.2, 0.25) is 0 Å². The van der Waals surface area contributed by atoms with Gasteiger partial charge in [0, 0.05) is 11.0 Å². The minimum absolute atomic E-state index is 0.193. The molecule has 0 amide bonds. The van der Waals surface area contributed by atoms with Crippen molar-refractivity contribution in [3.8, 4) is 5.75 Å². The topological polar surface area (TPSA) is 46.6 Å². The van der Waals surface area contributed by atoms with E-state index in [0.717, 1.165) is 21.2 Å². The first kappa shape index (κ1) is 20.1. The molecule has 3 aromatic carbocycles. The number of sulfonamides is 1. The Hall–Kier alpha value is -2.15. The van der Waals surface area contributed by atoms with Crippen LogP contribution < -0.4 is 4.74 Å². The zero-order valence-corrected chi connectivity index (χ0v) is 18.7. The Morgan fingerprint density at radius 2 is 1.76 bits per heavy atom. The second kappa shape index (κ2) is 7.94. The van der Waals surface area contributed by atoms with Crippen LogP contribution in [0, 0.1) is 6.92 Å². The van der Waals surface area contributed by atoms with Gasteiger partial charge in [-0.25, -0.2) is 8.42 Å². The van der Waals surface area contributed by atoms with Crippen LogP contribution in [-0.2, 0) is 16.6 Å². The molecule has 150 valence electrons. The molecular weight excluding hydrogens is 450 g/mol. The zero-order chi connectivity index (χ0) is 20.6. The Balaban J connectivity index is 1.86. The SMILES string of the molecule is Cc1cccc(CN2[C@@H](C)[C@H](c3ccccc3)Oc3cc(Br)ccc3S2(=O)=O)c1. The van der Waals surface area contributed by atoms with Crippen LogP contribution in [0.4, 0.5) is 0 Å². The van der Waals surface area contributed by atoms with Gasteiger partial charge in [-0.05, 0) is 43.2 Å². The lowest BCUT2D eigenvalue weighted by molar-refractivity contribution is 0.124. The highest BCUT2D eigenvalue weighted by molar-refractivity contribution is 9.10. The van der Waals surface area contributed by atoms with Crippen molar-refractivity contribution in [3.63, 3.8) is 0 Å². The molecule has 0 bridgehead atoms. The predicted octanol–water partition coefficient (Wildman–Crippen LogP) is 5.47. The van der Waals surface area contributed by atoms with E-state index in [1.165, 1.54) is 0 Å². The number of benzene rings is 3. The Kier molecular flexibility index (Phi) is 5.51. The molecule has 1 heterocycles. The van der Waals surface area contributed by atoms with E-state index in [1.54, 1.807) is 22.5 Å². The van der Waals surface area contributed by atoms with Gasteiger partial charge in [0.05, 0.1) is 6.04 Å². The smallest absolute Gasteiger partial charge is 0.247 e. The van der Waals surface area contributed by atoms with Crippen LogP contribution in [0.1, 0.15) is 29.7 Å². The van der Waals surface area contributed by atoms with Crippen LogP contribution in [0.25, 0.3) is 0 Å². The van der Waals surface area contributed by atoms with Gasteiger partial charge in [0.15, 0.2) is 0 Å². The highest BCUT2D eigenvalue weighted by Gasteiger charge is 2.40. The molecule has 0 saturated carbocycles. The molecule has 0 saturated heterocycles. The van der Waals surface area contributed by atoms with Gasteiger partial charge in [-0.1, -0.05) is 76.1 Å². The molecule has 0 fully saturated rings. The van der Waals surface area contributed by atoms with E-state index in [2.05, 4.69) is 15.9 Å². The molecular formula is C23H22BrNO3S. The lowest BCUT2D eigenvalue weighted by atomic mass is 10.0. The number of hydrogen-bond donors (Lipinski definition) is 0. The number of rotatable bonds is 3. The normalized spacial score (nSPS) is 21.1. The summed E-state index contributed by atoms with van der Waals surface area (Å²) in [7, 11) is -3.75. The first-order valence-electron chi connectivity index (χ1n) is 9.45. The molecule has 4 nitrogen and oxygen atoms in total. The van der Waals surface area contributed by atoms with Gasteiger partial charge in [-0.3, -0.25) is 0 Å². The number of halogens is 1. The quantitative estimate of drug-likeness (QED) is 0.508. The van der Waals surface area contributed by atoms with Crippen molar-refractivity contribution in [1.29, 1.82) is 0 Å². The Labute approximate surface area is 180 Å². The van der Waals surface area contributed by atoms with Crippen molar-refractivity contribution in [2.24, 2.45) is 0 Å². The second-order valence-electron chi connectivity index (χ2n) is 7.32. The van der Waals surface area contributed by atoms with Crippen molar-refractivity contribution in [2.45, 2.75) is 37.4 Å². The molecule has 0 spiro atoms. The summed E-state index contributed by atoms with van der Waals surface area (Å²) in [6.07, 6.45) is -0.425. The van der Waals surface area contributed by atoms with Gasteiger partial charge in [0.2, 0.25) is 10.0 Å². The fourth-order valence-corrected chi connectivity index (χ4v) is 5.79. The second-order valence-corrected chi connectivity index (χ2v) is 10.1. The molecule has 4 rings (SSSR count). The molecule has 29 heavy (non-hydrogen) atoms. The van der Waals surface area contributed by atoms with Gasteiger partial charge in [0.25, 0.3) is 0 Å². The van der Waals surface area contributed by atoms with E-state index >= 15 is 0 Å². The van der Waals surface area contributed by atoms with Gasteiger partial charge in [-0.15, -0.1) is 0 Å². The number of fused-ring (bicyclic) bond motifs is 1. The van der Waals surface area contributed by atoms with Crippen LogP contribution in [0.15, 0.2) is 82.2 Å². The molecule has 0 unspecified atom stereocenters. The van der Waals surface area contributed by atoms with Crippen molar-refractivity contribution < 1.29 is 13.2 Å². The third-order valence-corrected chi connectivity index (χ3v) is 7.65. The third kappa shape index (κ3) is 3.97. The molecule has 1 aliphatic rings. The molecule has 3 aromatic rings. The minimum Gasteiger partial charge on any atom is -0.483 e. The summed E-state index contributed by atoms with van der Waals surface area (Å²) >= 11 is 3.43. The maximum absolute atomic E-state index is 13.6. The largest absolute Gasteiger partial charge is 0.483 e. The fourth-order valence-electron chi connectivity index (χ4n) is 3.73. The molecule has 0 aromatic heterocycles. The van der Waals surface area contributed by atoms with Gasteiger partial charge >= 0.3 is 0 Å². The highest BCUT2D eigenvalue weighted by atomic mass is 79.9. The minimum atomic E-state index is -3.75. The van der Waals surface area contributed by atoms with Gasteiger partial charge in [-0.2, -0.15) is 4.31 Å². The predicted molar refractivity (Wildman–Crippen MR) is 117 cm³/mol. The van der Waals surface area contributed by atoms with Crippen LogP contribution in [-0.4, -0.2) is 18.8 Å². The molecule has 0 radical (unpaired) electrons. The number of ether oxygens (including phenoxy) is 1. The maximum atomic E-state index is 13.6. The number of aryl methyl sites for hydroxylation is 1. The number of hydrogen-bond acceptors (Lipinski definition) is 3. The standard InChI is InChI=1S/C23H22BrNO3S/c1-16-7-6-8-18(13-16)15-25-17(2)23(19-9-4-3-5-10-19)28-21-14-20(24)11-12-22(21)29(25,26)27/h3-14,17,23H,15H2,1-2H3/t17-,23+/m0/s1. The highest BCUT2D eigenvalue weighted by Crippen LogP contribution is 2.40. The van der Waals surface area contributed by atoms with Crippen LogP contribution in [0.3, 0.4) is 0 Å². The Bertz CT molecular complexity index is 1130. The Morgan fingerprint density at radius 1 is 1.00 bits per heavy atom. The maximum Gasteiger partial charge on any atom is 0.247 e. The van der Waals surface area contributed by atoms with Crippen LogP contribution >= 0.6 is 15.9 Å². The van der Waals surface area contributed by atoms with E-state index in [-0.39, 0.29) is 11.4 Å². The average molecular weight is 472 g/mol. The summed E-state index contributed by atoms with van der Waals surface area (Å²) in [4.78, 5) is 0.193. The molecule has 2 atom stereocenters. The van der Waals surface area contributed by atoms with E-state index in [1.807, 2.05) is 68.4 Å². The van der Waals surface area contributed by atoms with Gasteiger partial charge in [0.1, 0.15) is 16.7 Å². The summed E-state index contributed by atoms with van der Waals surface area (Å²) in [5.74, 6) is 0.367. The molecule has 0 aliphatic carbocycles. The van der Waals surface area contributed by atoms with Crippen LogP contribution in [0.5, 0.6) is 5.75 Å². The molecule has 6 heteroatoms. The molecule has 1 aliphatic heterocycles. The average Bonchev–Trinajstić information content (AvgIpc) is 2.77. The fraction of sp³-hybridized carbons (Fsp3) is 0.217. The van der Waals surface area contributed by atoms with E-state index < -0.39 is 22.2 Å². The number of nitrogens with zero attached hydrogens (tertiary/aromatic N) is 1. The van der Waals surface area contributed by atoms with Crippen molar-refractivity contribution in [3.05, 3.63) is 94.0 Å². The Morgan fingerprint density at radius 3 is 2.48 bits per heavy atom. The van der Waals surface area contributed by atoms with Crippen molar-refractivity contribution >= 4 is 26.0 Å². The summed E-state index contributed by atoms with van der Waals surface area (Å²) in [6, 6.07) is 22.4. The van der Waals surface area contributed by atoms with E-state index in [9.17, 15) is 8.42 Å². The van der Waals surface area contributed by atoms with E-state index in [0.29, 0.717) is 5.75 Å². The van der Waals surface area contributed by atoms with Gasteiger partial charge < -0.3 is 4.74 Å². The summed E-state index contributed by atoms with van der Waals surface area (Å²) in [5.41, 5.74) is 2.99.